The molecule has 1 saturated heterocycles. The van der Waals surface area contributed by atoms with Gasteiger partial charge in [-0.05, 0) is 51.1 Å². The van der Waals surface area contributed by atoms with Crippen molar-refractivity contribution in [2.75, 3.05) is 39.1 Å². The molecule has 2 aliphatic heterocycles. The quantitative estimate of drug-likeness (QED) is 0.786. The second kappa shape index (κ2) is 7.93. The molecule has 0 saturated carbocycles. The average molecular weight is 401 g/mol. The number of benzene rings is 1. The second-order valence-corrected chi connectivity index (χ2v) is 8.51. The van der Waals surface area contributed by atoms with E-state index in [-0.39, 0.29) is 11.2 Å². The van der Waals surface area contributed by atoms with E-state index < -0.39 is 11.7 Å². The summed E-state index contributed by atoms with van der Waals surface area (Å²) in [6.07, 6.45) is -2.05. The first kappa shape index (κ1) is 20.4. The monoisotopic (exact) mass is 400 g/mol. The molecule has 1 aromatic rings. The fourth-order valence-electron chi connectivity index (χ4n) is 3.65. The highest BCUT2D eigenvalue weighted by molar-refractivity contribution is 8.04. The zero-order valence-corrected chi connectivity index (χ0v) is 17.0. The molecular weight excluding hydrogens is 373 g/mol. The Kier molecular flexibility index (Phi) is 5.98. The summed E-state index contributed by atoms with van der Waals surface area (Å²) < 4.78 is 40.8. The minimum Gasteiger partial charge on any atom is -0.377 e. The van der Waals surface area contributed by atoms with Gasteiger partial charge in [0.1, 0.15) is 5.50 Å². The maximum Gasteiger partial charge on any atom is 0.418 e. The van der Waals surface area contributed by atoms with E-state index in [1.165, 1.54) is 23.8 Å². The molecule has 0 spiro atoms. The predicted molar refractivity (Wildman–Crippen MR) is 107 cm³/mol. The third-order valence-electron chi connectivity index (χ3n) is 5.19. The van der Waals surface area contributed by atoms with Crippen LogP contribution in [0.25, 0.3) is 5.70 Å². The molecule has 27 heavy (non-hydrogen) atoms. The molecule has 2 heterocycles. The average Bonchev–Trinajstić information content (AvgIpc) is 3.20. The van der Waals surface area contributed by atoms with Gasteiger partial charge < -0.3 is 10.2 Å². The van der Waals surface area contributed by atoms with Gasteiger partial charge in [-0.1, -0.05) is 17.8 Å². The fraction of sp³-hybridized carbons (Fsp3) is 0.579. The van der Waals surface area contributed by atoms with Crippen molar-refractivity contribution >= 4 is 23.1 Å². The second-order valence-electron chi connectivity index (χ2n) is 7.31. The zero-order valence-electron chi connectivity index (χ0n) is 16.2. The Labute approximate surface area is 163 Å². The van der Waals surface area contributed by atoms with E-state index in [0.717, 1.165) is 23.7 Å². The Morgan fingerprint density at radius 2 is 2.07 bits per heavy atom. The Hall–Kier alpha value is -1.38. The normalized spacial score (nSPS) is 23.8. The number of likely N-dealkylation sites (tertiary alicyclic amines) is 1. The van der Waals surface area contributed by atoms with Crippen molar-refractivity contribution in [3.05, 3.63) is 34.2 Å². The molecule has 2 unspecified atom stereocenters. The molecule has 2 aliphatic rings. The summed E-state index contributed by atoms with van der Waals surface area (Å²) in [7, 11) is 5.11. The van der Waals surface area contributed by atoms with Crippen LogP contribution in [0.1, 0.15) is 30.9 Å². The number of hydrogen-bond donors (Lipinski definition) is 2. The fourth-order valence-corrected chi connectivity index (χ4v) is 4.77. The Bertz CT molecular complexity index is 717. The van der Waals surface area contributed by atoms with Crippen LogP contribution in [0.4, 0.5) is 18.9 Å². The number of nitrogens with one attached hydrogen (secondary N) is 2. The Morgan fingerprint density at radius 3 is 2.63 bits per heavy atom. The molecule has 0 radical (unpaired) electrons. The summed E-state index contributed by atoms with van der Waals surface area (Å²) >= 11 is 1.65. The van der Waals surface area contributed by atoms with Crippen LogP contribution in [0.3, 0.4) is 0 Å². The smallest absolute Gasteiger partial charge is 0.377 e. The largest absolute Gasteiger partial charge is 0.418 e. The van der Waals surface area contributed by atoms with Crippen LogP contribution in [0.15, 0.2) is 23.1 Å². The van der Waals surface area contributed by atoms with Crippen molar-refractivity contribution in [1.29, 1.82) is 0 Å². The molecule has 0 aromatic heterocycles. The van der Waals surface area contributed by atoms with E-state index in [1.807, 2.05) is 7.05 Å². The summed E-state index contributed by atoms with van der Waals surface area (Å²) in [5.74, 6) is 0. The standard InChI is InChI=1S/C19H27F3N4S/c1-12-6-5-9-26(12)11-16-17(24-18(23-2)27-16)13-7-8-15(25(3)4)14(10-13)19(20,21)22/h7-8,10,12,18,23-24H,5-6,9,11H2,1-4H3. The predicted octanol–water partition coefficient (Wildman–Crippen LogP) is 3.76. The lowest BCUT2D eigenvalue weighted by molar-refractivity contribution is -0.137. The van der Waals surface area contributed by atoms with Crippen LogP contribution >= 0.6 is 11.8 Å². The van der Waals surface area contributed by atoms with Crippen molar-refractivity contribution in [2.24, 2.45) is 0 Å². The minimum atomic E-state index is -4.39. The first-order chi connectivity index (χ1) is 12.7. The maximum atomic E-state index is 13.6. The number of rotatable bonds is 5. The number of anilines is 1. The minimum absolute atomic E-state index is 0.0317. The van der Waals surface area contributed by atoms with Gasteiger partial charge in [0.25, 0.3) is 0 Å². The number of alkyl halides is 3. The lowest BCUT2D eigenvalue weighted by Gasteiger charge is -2.22. The van der Waals surface area contributed by atoms with Crippen molar-refractivity contribution in [3.63, 3.8) is 0 Å². The lowest BCUT2D eigenvalue weighted by atomic mass is 10.0. The molecule has 2 N–H and O–H groups in total. The van der Waals surface area contributed by atoms with Crippen molar-refractivity contribution in [3.8, 4) is 0 Å². The molecule has 0 amide bonds. The third-order valence-corrected chi connectivity index (χ3v) is 6.39. The van der Waals surface area contributed by atoms with Gasteiger partial charge in [0, 0.05) is 37.3 Å². The van der Waals surface area contributed by atoms with Crippen LogP contribution < -0.4 is 15.5 Å². The number of thioether (sulfide) groups is 1. The number of halogens is 3. The van der Waals surface area contributed by atoms with Gasteiger partial charge in [0.05, 0.1) is 11.3 Å². The summed E-state index contributed by atoms with van der Waals surface area (Å²) in [5, 5.41) is 6.51. The topological polar surface area (TPSA) is 30.5 Å². The zero-order chi connectivity index (χ0) is 19.8. The SMILES string of the molecule is CNC1NC(c2ccc(N(C)C)c(C(F)(F)F)c2)=C(CN2CCCC2C)S1. The molecule has 3 rings (SSSR count). The summed E-state index contributed by atoms with van der Waals surface area (Å²) in [6.45, 7) is 4.02. The maximum absolute atomic E-state index is 13.6. The molecule has 8 heteroatoms. The molecule has 2 atom stereocenters. The van der Waals surface area contributed by atoms with E-state index in [4.69, 9.17) is 0 Å². The highest BCUT2D eigenvalue weighted by Crippen LogP contribution is 2.41. The van der Waals surface area contributed by atoms with Gasteiger partial charge in [0.15, 0.2) is 0 Å². The van der Waals surface area contributed by atoms with Crippen LogP contribution in [-0.2, 0) is 6.18 Å². The van der Waals surface area contributed by atoms with Crippen molar-refractivity contribution in [2.45, 2.75) is 37.5 Å². The Balaban J connectivity index is 1.99. The Morgan fingerprint density at radius 1 is 1.33 bits per heavy atom. The molecule has 0 aliphatic carbocycles. The summed E-state index contributed by atoms with van der Waals surface area (Å²) in [6, 6.07) is 5.11. The van der Waals surface area contributed by atoms with E-state index in [2.05, 4.69) is 22.5 Å². The highest BCUT2D eigenvalue weighted by Gasteiger charge is 2.36. The molecule has 1 fully saturated rings. The van der Waals surface area contributed by atoms with Gasteiger partial charge in [-0.2, -0.15) is 13.2 Å². The highest BCUT2D eigenvalue weighted by atomic mass is 32.2. The lowest BCUT2D eigenvalue weighted by Crippen LogP contribution is -2.32. The van der Waals surface area contributed by atoms with E-state index in [1.54, 1.807) is 38.0 Å². The summed E-state index contributed by atoms with van der Waals surface area (Å²) in [5.41, 5.74) is 0.925. The van der Waals surface area contributed by atoms with Crippen LogP contribution in [0.2, 0.25) is 0 Å². The van der Waals surface area contributed by atoms with Crippen molar-refractivity contribution < 1.29 is 13.2 Å². The van der Waals surface area contributed by atoms with E-state index in [0.29, 0.717) is 11.6 Å². The van der Waals surface area contributed by atoms with Crippen molar-refractivity contribution in [1.82, 2.24) is 15.5 Å². The van der Waals surface area contributed by atoms with Crippen LogP contribution in [-0.4, -0.2) is 50.7 Å². The summed E-state index contributed by atoms with van der Waals surface area (Å²) in [4.78, 5) is 5.00. The van der Waals surface area contributed by atoms with Crippen LogP contribution in [0.5, 0.6) is 0 Å². The van der Waals surface area contributed by atoms with Gasteiger partial charge in [-0.15, -0.1) is 0 Å². The molecule has 0 bridgehead atoms. The van der Waals surface area contributed by atoms with E-state index >= 15 is 0 Å². The van der Waals surface area contributed by atoms with Gasteiger partial charge in [0.2, 0.25) is 0 Å². The first-order valence-corrected chi connectivity index (χ1v) is 10.0. The molecular formula is C19H27F3N4S. The van der Waals surface area contributed by atoms with Gasteiger partial charge in [-0.3, -0.25) is 10.2 Å². The molecule has 150 valence electrons. The first-order valence-electron chi connectivity index (χ1n) is 9.17. The molecule has 1 aromatic carbocycles. The van der Waals surface area contributed by atoms with Crippen LogP contribution in [0, 0.1) is 0 Å². The number of hydrogen-bond acceptors (Lipinski definition) is 5. The van der Waals surface area contributed by atoms with Gasteiger partial charge >= 0.3 is 6.18 Å². The number of nitrogens with zero attached hydrogens (tertiary/aromatic N) is 2. The van der Waals surface area contributed by atoms with E-state index in [9.17, 15) is 13.2 Å². The van der Waals surface area contributed by atoms with Gasteiger partial charge in [-0.25, -0.2) is 0 Å². The third kappa shape index (κ3) is 4.38. The molecule has 4 nitrogen and oxygen atoms in total.